The van der Waals surface area contributed by atoms with Gasteiger partial charge in [0.1, 0.15) is 0 Å². The minimum atomic E-state index is -3.51. The van der Waals surface area contributed by atoms with E-state index in [0.717, 1.165) is 36.8 Å². The number of allylic oxidation sites excluding steroid dienone is 1. The Hall–Kier alpha value is -1.46. The number of ketones is 1. The highest BCUT2D eigenvalue weighted by Gasteiger charge is 2.57. The van der Waals surface area contributed by atoms with Crippen LogP contribution < -0.4 is 0 Å². The second-order valence-electron chi connectivity index (χ2n) is 7.09. The molecule has 1 aromatic carbocycles. The van der Waals surface area contributed by atoms with E-state index in [9.17, 15) is 13.2 Å². The van der Waals surface area contributed by atoms with E-state index in [1.54, 1.807) is 22.5 Å². The van der Waals surface area contributed by atoms with Gasteiger partial charge in [-0.15, -0.1) is 0 Å². The van der Waals surface area contributed by atoms with Crippen molar-refractivity contribution in [1.82, 2.24) is 4.31 Å². The molecule has 2 aliphatic carbocycles. The van der Waals surface area contributed by atoms with Gasteiger partial charge in [-0.2, -0.15) is 4.31 Å². The largest absolute Gasteiger partial charge is 0.295 e. The number of aryl methyl sites for hydroxylation is 1. The first-order chi connectivity index (χ1) is 10.9. The maximum atomic E-state index is 13.1. The molecular weight excluding hydrogens is 310 g/mol. The third-order valence-electron chi connectivity index (χ3n) is 5.75. The zero-order chi connectivity index (χ0) is 16.2. The Morgan fingerprint density at radius 2 is 1.91 bits per heavy atom. The number of hydrogen-bond acceptors (Lipinski definition) is 3. The molecule has 0 amide bonds. The summed E-state index contributed by atoms with van der Waals surface area (Å²) >= 11 is 0. The van der Waals surface area contributed by atoms with E-state index in [1.165, 1.54) is 0 Å². The van der Waals surface area contributed by atoms with Crippen molar-refractivity contribution < 1.29 is 13.2 Å². The second-order valence-corrected chi connectivity index (χ2v) is 8.98. The second kappa shape index (κ2) is 5.02. The Kier molecular flexibility index (Phi) is 3.29. The van der Waals surface area contributed by atoms with Crippen LogP contribution in [0.15, 0.2) is 40.8 Å². The Balaban J connectivity index is 1.76. The van der Waals surface area contributed by atoms with Crippen LogP contribution >= 0.6 is 0 Å². The zero-order valence-electron chi connectivity index (χ0n) is 13.3. The molecule has 23 heavy (non-hydrogen) atoms. The summed E-state index contributed by atoms with van der Waals surface area (Å²) in [5.74, 6) is 0.166. The summed E-state index contributed by atoms with van der Waals surface area (Å²) in [4.78, 5) is 12.3. The topological polar surface area (TPSA) is 54.5 Å². The molecular formula is C18H21NO3S. The summed E-state index contributed by atoms with van der Waals surface area (Å²) in [7, 11) is -3.51. The first-order valence-corrected chi connectivity index (χ1v) is 9.70. The van der Waals surface area contributed by atoms with Crippen LogP contribution in [0.4, 0.5) is 0 Å². The maximum Gasteiger partial charge on any atom is 0.243 e. The molecule has 1 heterocycles. The molecule has 1 aliphatic heterocycles. The van der Waals surface area contributed by atoms with Crippen molar-refractivity contribution in [3.63, 3.8) is 0 Å². The standard InChI is InChI=1S/C18H21NO3S/c1-13-5-7-16(8-6-13)23(21,22)19-12-14-10-15(20)11-18(14)9-3-2-4-17(18)19/h5-8,10,17H,2-4,9,11-12H2,1H3/t17-,18+/m1/s1. The zero-order valence-corrected chi connectivity index (χ0v) is 14.1. The number of rotatable bonds is 2. The maximum absolute atomic E-state index is 13.1. The van der Waals surface area contributed by atoms with Crippen LogP contribution in [0.2, 0.25) is 0 Å². The lowest BCUT2D eigenvalue weighted by Crippen LogP contribution is -2.44. The van der Waals surface area contributed by atoms with Crippen molar-refractivity contribution in [1.29, 1.82) is 0 Å². The predicted octanol–water partition coefficient (Wildman–Crippen LogP) is 2.83. The van der Waals surface area contributed by atoms with Gasteiger partial charge in [0.2, 0.25) is 10.0 Å². The highest BCUT2D eigenvalue weighted by atomic mass is 32.2. The minimum absolute atomic E-state index is 0.0553. The quantitative estimate of drug-likeness (QED) is 0.837. The van der Waals surface area contributed by atoms with Crippen LogP contribution in [0, 0.1) is 12.3 Å². The fraction of sp³-hybridized carbons (Fsp3) is 0.500. The van der Waals surface area contributed by atoms with Crippen LogP contribution in [-0.2, 0) is 14.8 Å². The normalized spacial score (nSPS) is 30.9. The fourth-order valence-corrected chi connectivity index (χ4v) is 6.32. The van der Waals surface area contributed by atoms with Gasteiger partial charge in [0.25, 0.3) is 0 Å². The molecule has 1 aromatic rings. The average molecular weight is 331 g/mol. The molecule has 5 heteroatoms. The summed E-state index contributed by atoms with van der Waals surface area (Å²) < 4.78 is 27.9. The van der Waals surface area contributed by atoms with Crippen molar-refractivity contribution in [3.8, 4) is 0 Å². The molecule has 1 saturated carbocycles. The molecule has 122 valence electrons. The van der Waals surface area contributed by atoms with Crippen molar-refractivity contribution >= 4 is 15.8 Å². The third kappa shape index (κ3) is 2.13. The van der Waals surface area contributed by atoms with Crippen LogP contribution in [0.5, 0.6) is 0 Å². The molecule has 2 fully saturated rings. The van der Waals surface area contributed by atoms with Gasteiger partial charge in [-0.1, -0.05) is 30.5 Å². The lowest BCUT2D eigenvalue weighted by molar-refractivity contribution is -0.115. The van der Waals surface area contributed by atoms with Gasteiger partial charge < -0.3 is 0 Å². The first-order valence-electron chi connectivity index (χ1n) is 8.26. The highest BCUT2D eigenvalue weighted by molar-refractivity contribution is 7.89. The van der Waals surface area contributed by atoms with Gasteiger partial charge in [0.05, 0.1) is 4.90 Å². The number of hydrogen-bond donors (Lipinski definition) is 0. The van der Waals surface area contributed by atoms with Crippen molar-refractivity contribution in [3.05, 3.63) is 41.5 Å². The summed E-state index contributed by atoms with van der Waals surface area (Å²) in [6.07, 6.45) is 6.12. The van der Waals surface area contributed by atoms with Crippen LogP contribution in [0.25, 0.3) is 0 Å². The number of nitrogens with zero attached hydrogens (tertiary/aromatic N) is 1. The Morgan fingerprint density at radius 1 is 1.17 bits per heavy atom. The Bertz CT molecular complexity index is 794. The summed E-state index contributed by atoms with van der Waals surface area (Å²) in [5.41, 5.74) is 1.88. The first kappa shape index (κ1) is 15.1. The van der Waals surface area contributed by atoms with Crippen molar-refractivity contribution in [2.45, 2.75) is 50.0 Å². The molecule has 1 saturated heterocycles. The van der Waals surface area contributed by atoms with E-state index < -0.39 is 10.0 Å². The Labute approximate surface area is 137 Å². The van der Waals surface area contributed by atoms with Gasteiger partial charge in [0.15, 0.2) is 5.78 Å². The molecule has 0 bridgehead atoms. The Morgan fingerprint density at radius 3 is 2.65 bits per heavy atom. The molecule has 2 atom stereocenters. The van der Waals surface area contributed by atoms with E-state index in [0.29, 0.717) is 17.9 Å². The monoisotopic (exact) mass is 331 g/mol. The molecule has 3 aliphatic rings. The van der Waals surface area contributed by atoms with E-state index in [4.69, 9.17) is 0 Å². The number of benzene rings is 1. The lowest BCUT2D eigenvalue weighted by Gasteiger charge is -2.39. The number of carbonyl (C=O) groups is 1. The average Bonchev–Trinajstić information content (AvgIpc) is 2.98. The predicted molar refractivity (Wildman–Crippen MR) is 87.5 cm³/mol. The molecule has 4 nitrogen and oxygen atoms in total. The fourth-order valence-electron chi connectivity index (χ4n) is 4.61. The van der Waals surface area contributed by atoms with Crippen LogP contribution in [0.1, 0.15) is 37.7 Å². The van der Waals surface area contributed by atoms with Gasteiger partial charge >= 0.3 is 0 Å². The summed E-state index contributed by atoms with van der Waals surface area (Å²) in [6.45, 7) is 2.33. The molecule has 4 rings (SSSR count). The van der Waals surface area contributed by atoms with Gasteiger partial charge in [-0.05, 0) is 43.5 Å². The van der Waals surface area contributed by atoms with Gasteiger partial charge in [0, 0.05) is 24.4 Å². The SMILES string of the molecule is Cc1ccc(S(=O)(=O)N2CC3=CC(=O)C[C@@]34CCCC[C@@H]24)cc1. The number of carbonyl (C=O) groups excluding carboxylic acids is 1. The number of sulfonamides is 1. The smallest absolute Gasteiger partial charge is 0.243 e. The summed E-state index contributed by atoms with van der Waals surface area (Å²) in [6, 6.07) is 6.99. The lowest BCUT2D eigenvalue weighted by atomic mass is 9.68. The molecule has 0 radical (unpaired) electrons. The van der Waals surface area contributed by atoms with Gasteiger partial charge in [-0.3, -0.25) is 4.79 Å². The third-order valence-corrected chi connectivity index (χ3v) is 7.62. The van der Waals surface area contributed by atoms with Crippen LogP contribution in [-0.4, -0.2) is 31.1 Å². The van der Waals surface area contributed by atoms with E-state index >= 15 is 0 Å². The van der Waals surface area contributed by atoms with Crippen molar-refractivity contribution in [2.24, 2.45) is 5.41 Å². The molecule has 0 aromatic heterocycles. The summed E-state index contributed by atoms with van der Waals surface area (Å²) in [5, 5.41) is 0. The molecule has 0 unspecified atom stereocenters. The van der Waals surface area contributed by atoms with Crippen LogP contribution in [0.3, 0.4) is 0 Å². The molecule has 1 spiro atoms. The van der Waals surface area contributed by atoms with Crippen molar-refractivity contribution in [2.75, 3.05) is 6.54 Å². The van der Waals surface area contributed by atoms with Gasteiger partial charge in [-0.25, -0.2) is 8.42 Å². The minimum Gasteiger partial charge on any atom is -0.295 e. The van der Waals surface area contributed by atoms with E-state index in [1.807, 2.05) is 19.1 Å². The van der Waals surface area contributed by atoms with E-state index in [2.05, 4.69) is 0 Å². The highest BCUT2D eigenvalue weighted by Crippen LogP contribution is 2.56. The molecule has 0 N–H and O–H groups in total. The van der Waals surface area contributed by atoms with E-state index in [-0.39, 0.29) is 17.2 Å².